The van der Waals surface area contributed by atoms with E-state index in [1.165, 1.54) is 6.07 Å². The number of nitrogens with one attached hydrogen (secondary N) is 1. The summed E-state index contributed by atoms with van der Waals surface area (Å²) < 4.78 is 0. The third-order valence-corrected chi connectivity index (χ3v) is 2.51. The molecule has 0 fully saturated rings. The normalized spacial score (nSPS) is 9.29. The molecule has 0 unspecified atom stereocenters. The second-order valence-corrected chi connectivity index (χ2v) is 3.89. The zero-order chi connectivity index (χ0) is 12.1. The van der Waals surface area contributed by atoms with Gasteiger partial charge in [0.15, 0.2) is 0 Å². The fourth-order valence-electron chi connectivity index (χ4n) is 1.02. The maximum Gasteiger partial charge on any atom is 0.303 e. The molecule has 1 aromatic carbocycles. The van der Waals surface area contributed by atoms with Gasteiger partial charge in [0, 0.05) is 12.1 Å². The Kier molecular flexibility index (Phi) is 6.57. The molecule has 0 saturated heterocycles. The van der Waals surface area contributed by atoms with E-state index < -0.39 is 5.97 Å². The van der Waals surface area contributed by atoms with Crippen molar-refractivity contribution >= 4 is 40.8 Å². The fourth-order valence-corrected chi connectivity index (χ4v) is 1.32. The maximum atomic E-state index is 11.3. The highest BCUT2D eigenvalue weighted by Crippen LogP contribution is 2.25. The second-order valence-electron chi connectivity index (χ2n) is 3.07. The molecular formula is C10H11Cl2NO4. The Morgan fingerprint density at radius 3 is 2.35 bits per heavy atom. The molecular weight excluding hydrogens is 269 g/mol. The molecule has 0 spiro atoms. The van der Waals surface area contributed by atoms with E-state index in [-0.39, 0.29) is 24.2 Å². The van der Waals surface area contributed by atoms with Gasteiger partial charge in [-0.2, -0.15) is 0 Å². The minimum atomic E-state index is -1.01. The number of aliphatic carboxylic acids is 1. The van der Waals surface area contributed by atoms with Crippen molar-refractivity contribution in [3.05, 3.63) is 28.2 Å². The minimum Gasteiger partial charge on any atom is -0.481 e. The van der Waals surface area contributed by atoms with Crippen LogP contribution in [0.3, 0.4) is 0 Å². The first kappa shape index (κ1) is 15.7. The summed E-state index contributed by atoms with van der Waals surface area (Å²) in [4.78, 5) is 21.5. The predicted octanol–water partition coefficient (Wildman–Crippen LogP) is 1.97. The molecule has 17 heavy (non-hydrogen) atoms. The van der Waals surface area contributed by atoms with Crippen LogP contribution in [-0.2, 0) is 9.59 Å². The van der Waals surface area contributed by atoms with Gasteiger partial charge in [-0.15, -0.1) is 0 Å². The molecule has 0 radical (unpaired) electrons. The zero-order valence-electron chi connectivity index (χ0n) is 8.67. The first-order valence-corrected chi connectivity index (χ1v) is 5.21. The molecule has 94 valence electrons. The lowest BCUT2D eigenvalue weighted by atomic mass is 10.2. The summed E-state index contributed by atoms with van der Waals surface area (Å²) in [6.45, 7) is 0. The van der Waals surface area contributed by atoms with Crippen LogP contribution < -0.4 is 5.32 Å². The van der Waals surface area contributed by atoms with Crippen molar-refractivity contribution in [3.8, 4) is 0 Å². The minimum absolute atomic E-state index is 0. The lowest BCUT2D eigenvalue weighted by Gasteiger charge is -2.05. The number of hydrogen-bond donors (Lipinski definition) is 2. The van der Waals surface area contributed by atoms with Crippen LogP contribution in [0.1, 0.15) is 12.8 Å². The molecule has 1 amide bonds. The van der Waals surface area contributed by atoms with Gasteiger partial charge in [-0.25, -0.2) is 0 Å². The predicted molar refractivity (Wildman–Crippen MR) is 65.6 cm³/mol. The molecule has 1 aromatic rings. The van der Waals surface area contributed by atoms with E-state index in [0.29, 0.717) is 15.7 Å². The van der Waals surface area contributed by atoms with E-state index in [1.807, 2.05) is 0 Å². The van der Waals surface area contributed by atoms with Crippen LogP contribution in [0, 0.1) is 0 Å². The first-order valence-electron chi connectivity index (χ1n) is 4.45. The molecule has 0 bridgehead atoms. The Hall–Kier alpha value is -1.30. The lowest BCUT2D eigenvalue weighted by Crippen LogP contribution is -2.13. The average Bonchev–Trinajstić information content (AvgIpc) is 2.21. The van der Waals surface area contributed by atoms with Crippen LogP contribution in [0.15, 0.2) is 18.2 Å². The Bertz CT molecular complexity index is 423. The fraction of sp³-hybridized carbons (Fsp3) is 0.200. The number of anilines is 1. The molecule has 5 nitrogen and oxygen atoms in total. The van der Waals surface area contributed by atoms with Crippen LogP contribution >= 0.6 is 23.2 Å². The third-order valence-electron chi connectivity index (χ3n) is 1.77. The second kappa shape index (κ2) is 7.11. The summed E-state index contributed by atoms with van der Waals surface area (Å²) in [7, 11) is 0. The van der Waals surface area contributed by atoms with E-state index in [9.17, 15) is 9.59 Å². The van der Waals surface area contributed by atoms with Crippen LogP contribution in [0.5, 0.6) is 0 Å². The monoisotopic (exact) mass is 279 g/mol. The highest BCUT2D eigenvalue weighted by atomic mass is 35.5. The first-order chi connectivity index (χ1) is 7.49. The summed E-state index contributed by atoms with van der Waals surface area (Å²) >= 11 is 11.4. The smallest absolute Gasteiger partial charge is 0.303 e. The van der Waals surface area contributed by atoms with Crippen molar-refractivity contribution in [2.45, 2.75) is 12.8 Å². The van der Waals surface area contributed by atoms with Crippen LogP contribution in [-0.4, -0.2) is 22.5 Å². The average molecular weight is 280 g/mol. The van der Waals surface area contributed by atoms with Gasteiger partial charge in [0.05, 0.1) is 16.5 Å². The van der Waals surface area contributed by atoms with Crippen LogP contribution in [0.2, 0.25) is 10.0 Å². The highest BCUT2D eigenvalue weighted by molar-refractivity contribution is 6.42. The Morgan fingerprint density at radius 1 is 1.18 bits per heavy atom. The number of carbonyl (C=O) groups excluding carboxylic acids is 1. The number of halogens is 2. The number of rotatable bonds is 4. The third kappa shape index (κ3) is 5.53. The van der Waals surface area contributed by atoms with Crippen molar-refractivity contribution in [1.82, 2.24) is 0 Å². The van der Waals surface area contributed by atoms with Gasteiger partial charge in [-0.05, 0) is 18.2 Å². The van der Waals surface area contributed by atoms with Gasteiger partial charge in [-0.1, -0.05) is 23.2 Å². The molecule has 0 aliphatic carbocycles. The van der Waals surface area contributed by atoms with Gasteiger partial charge in [-0.3, -0.25) is 9.59 Å². The van der Waals surface area contributed by atoms with Crippen molar-refractivity contribution in [1.29, 1.82) is 0 Å². The standard InChI is InChI=1S/C10H9Cl2NO3.H2O/c11-7-2-1-6(5-8(7)12)13-9(14)3-4-10(15)16;/h1-2,5H,3-4H2,(H,13,14)(H,15,16);1H2. The number of carboxylic acids is 1. The van der Waals surface area contributed by atoms with E-state index in [4.69, 9.17) is 28.3 Å². The van der Waals surface area contributed by atoms with Crippen LogP contribution in [0.25, 0.3) is 0 Å². The van der Waals surface area contributed by atoms with Gasteiger partial charge in [0.25, 0.3) is 0 Å². The largest absolute Gasteiger partial charge is 0.481 e. The summed E-state index contributed by atoms with van der Waals surface area (Å²) in [6, 6.07) is 4.64. The maximum absolute atomic E-state index is 11.3. The summed E-state index contributed by atoms with van der Waals surface area (Å²) in [6.07, 6.45) is -0.275. The van der Waals surface area contributed by atoms with Crippen LogP contribution in [0.4, 0.5) is 5.69 Å². The van der Waals surface area contributed by atoms with Crippen molar-refractivity contribution in [3.63, 3.8) is 0 Å². The summed E-state index contributed by atoms with van der Waals surface area (Å²) in [5, 5.41) is 11.6. The van der Waals surface area contributed by atoms with Gasteiger partial charge < -0.3 is 15.9 Å². The van der Waals surface area contributed by atoms with Gasteiger partial charge >= 0.3 is 5.97 Å². The van der Waals surface area contributed by atoms with Gasteiger partial charge in [0.2, 0.25) is 5.91 Å². The molecule has 0 saturated carbocycles. The summed E-state index contributed by atoms with van der Waals surface area (Å²) in [5.41, 5.74) is 0.491. The number of carbonyl (C=O) groups is 2. The number of hydrogen-bond acceptors (Lipinski definition) is 2. The number of carboxylic acid groups (broad SMARTS) is 1. The lowest BCUT2D eigenvalue weighted by molar-refractivity contribution is -0.138. The molecule has 0 heterocycles. The number of amides is 1. The summed E-state index contributed by atoms with van der Waals surface area (Å²) in [5.74, 6) is -1.38. The number of benzene rings is 1. The van der Waals surface area contributed by atoms with Crippen molar-refractivity contribution < 1.29 is 20.2 Å². The SMILES string of the molecule is O.O=C(O)CCC(=O)Nc1ccc(Cl)c(Cl)c1. The van der Waals surface area contributed by atoms with Crippen molar-refractivity contribution in [2.75, 3.05) is 5.32 Å². The zero-order valence-corrected chi connectivity index (χ0v) is 10.2. The van der Waals surface area contributed by atoms with Gasteiger partial charge in [0.1, 0.15) is 0 Å². The Labute approximate surface area is 108 Å². The molecule has 0 aromatic heterocycles. The topological polar surface area (TPSA) is 97.9 Å². The Morgan fingerprint density at radius 2 is 1.82 bits per heavy atom. The Balaban J connectivity index is 0.00000256. The van der Waals surface area contributed by atoms with Crippen molar-refractivity contribution in [2.24, 2.45) is 0 Å². The molecule has 0 atom stereocenters. The molecule has 4 N–H and O–H groups in total. The van der Waals surface area contributed by atoms with E-state index in [1.54, 1.807) is 12.1 Å². The molecule has 0 aliphatic rings. The quantitative estimate of drug-likeness (QED) is 0.882. The molecule has 1 rings (SSSR count). The van der Waals surface area contributed by atoms with E-state index >= 15 is 0 Å². The van der Waals surface area contributed by atoms with E-state index in [2.05, 4.69) is 5.32 Å². The molecule has 0 aliphatic heterocycles. The van der Waals surface area contributed by atoms with E-state index in [0.717, 1.165) is 0 Å². The highest BCUT2D eigenvalue weighted by Gasteiger charge is 2.06. The molecule has 7 heteroatoms.